The predicted molar refractivity (Wildman–Crippen MR) is 82.3 cm³/mol. The Morgan fingerprint density at radius 3 is 2.76 bits per heavy atom. The fourth-order valence-electron chi connectivity index (χ4n) is 3.03. The van der Waals surface area contributed by atoms with Gasteiger partial charge in [-0.1, -0.05) is 37.3 Å². The Hall–Kier alpha value is -1.86. The van der Waals surface area contributed by atoms with Gasteiger partial charge in [0, 0.05) is 13.1 Å². The van der Waals surface area contributed by atoms with Crippen molar-refractivity contribution in [1.82, 2.24) is 10.2 Å². The maximum absolute atomic E-state index is 13.0. The van der Waals surface area contributed by atoms with Crippen LogP contribution in [0.4, 0.5) is 0 Å². The van der Waals surface area contributed by atoms with Gasteiger partial charge in [-0.2, -0.15) is 5.26 Å². The quantitative estimate of drug-likeness (QED) is 0.845. The third kappa shape index (κ3) is 3.62. The molecule has 1 unspecified atom stereocenters. The van der Waals surface area contributed by atoms with Crippen molar-refractivity contribution in [3.63, 3.8) is 0 Å². The number of hydrogen-bond acceptors (Lipinski definition) is 3. The summed E-state index contributed by atoms with van der Waals surface area (Å²) in [4.78, 5) is 14.7. The number of amides is 1. The summed E-state index contributed by atoms with van der Waals surface area (Å²) in [5, 5.41) is 12.4. The normalized spacial score (nSPS) is 21.5. The average molecular weight is 285 g/mol. The molecule has 4 heteroatoms. The van der Waals surface area contributed by atoms with Crippen LogP contribution in [-0.4, -0.2) is 30.4 Å². The van der Waals surface area contributed by atoms with E-state index in [1.54, 1.807) is 4.90 Å². The Morgan fingerprint density at radius 2 is 2.19 bits per heavy atom. The van der Waals surface area contributed by atoms with E-state index in [2.05, 4.69) is 18.3 Å². The van der Waals surface area contributed by atoms with Crippen molar-refractivity contribution in [1.29, 1.82) is 5.26 Å². The van der Waals surface area contributed by atoms with E-state index in [1.807, 2.05) is 30.3 Å². The van der Waals surface area contributed by atoms with E-state index in [-0.39, 0.29) is 17.9 Å². The van der Waals surface area contributed by atoms with Gasteiger partial charge in [0.1, 0.15) is 6.54 Å². The maximum atomic E-state index is 13.0. The molecule has 1 fully saturated rings. The highest BCUT2D eigenvalue weighted by Crippen LogP contribution is 2.32. The standard InChI is InChI=1S/C17H23N3O/c1-2-17(9-6-11-19-14-17)16(21)20(12-10-18)13-15-7-4-3-5-8-15/h3-5,7-8,19H,2,6,9,11-14H2,1H3. The number of carbonyl (C=O) groups is 1. The zero-order valence-electron chi connectivity index (χ0n) is 12.6. The molecule has 1 aliphatic rings. The molecule has 0 spiro atoms. The molecule has 1 heterocycles. The summed E-state index contributed by atoms with van der Waals surface area (Å²) >= 11 is 0. The van der Waals surface area contributed by atoms with Crippen molar-refractivity contribution in [3.8, 4) is 6.07 Å². The van der Waals surface area contributed by atoms with E-state index in [0.717, 1.165) is 37.9 Å². The Kier molecular flexibility index (Phi) is 5.35. The summed E-state index contributed by atoms with van der Waals surface area (Å²) < 4.78 is 0. The molecule has 112 valence electrons. The van der Waals surface area contributed by atoms with Crippen LogP contribution < -0.4 is 5.32 Å². The molecule has 21 heavy (non-hydrogen) atoms. The van der Waals surface area contributed by atoms with Gasteiger partial charge in [-0.05, 0) is 31.4 Å². The first-order valence-corrected chi connectivity index (χ1v) is 7.63. The number of nitrogens with one attached hydrogen (secondary N) is 1. The second kappa shape index (κ2) is 7.24. The minimum atomic E-state index is -0.343. The number of rotatable bonds is 5. The fourth-order valence-corrected chi connectivity index (χ4v) is 3.03. The third-order valence-electron chi connectivity index (χ3n) is 4.37. The zero-order valence-corrected chi connectivity index (χ0v) is 12.6. The first kappa shape index (κ1) is 15.5. The Morgan fingerprint density at radius 1 is 1.43 bits per heavy atom. The van der Waals surface area contributed by atoms with Crippen LogP contribution >= 0.6 is 0 Å². The largest absolute Gasteiger partial charge is 0.325 e. The Bertz CT molecular complexity index is 501. The highest BCUT2D eigenvalue weighted by atomic mass is 16.2. The van der Waals surface area contributed by atoms with Crippen LogP contribution in [0.15, 0.2) is 30.3 Å². The number of carbonyl (C=O) groups excluding carboxylic acids is 1. The van der Waals surface area contributed by atoms with Gasteiger partial charge in [-0.25, -0.2) is 0 Å². The third-order valence-corrected chi connectivity index (χ3v) is 4.37. The van der Waals surface area contributed by atoms with E-state index in [1.165, 1.54) is 0 Å². The lowest BCUT2D eigenvalue weighted by Gasteiger charge is -2.39. The van der Waals surface area contributed by atoms with Gasteiger partial charge >= 0.3 is 0 Å². The molecule has 1 atom stereocenters. The number of nitrogens with zero attached hydrogens (tertiary/aromatic N) is 2. The van der Waals surface area contributed by atoms with Crippen molar-refractivity contribution in [2.75, 3.05) is 19.6 Å². The van der Waals surface area contributed by atoms with Crippen LogP contribution in [0.1, 0.15) is 31.7 Å². The van der Waals surface area contributed by atoms with Crippen LogP contribution in [0.3, 0.4) is 0 Å². The van der Waals surface area contributed by atoms with Gasteiger partial charge in [0.2, 0.25) is 5.91 Å². The monoisotopic (exact) mass is 285 g/mol. The van der Waals surface area contributed by atoms with E-state index in [9.17, 15) is 4.79 Å². The van der Waals surface area contributed by atoms with Crippen LogP contribution in [0.5, 0.6) is 0 Å². The molecule has 2 rings (SSSR count). The van der Waals surface area contributed by atoms with E-state index >= 15 is 0 Å². The van der Waals surface area contributed by atoms with Crippen molar-refractivity contribution in [3.05, 3.63) is 35.9 Å². The second-order valence-electron chi connectivity index (χ2n) is 5.72. The summed E-state index contributed by atoms with van der Waals surface area (Å²) in [6.45, 7) is 4.42. The van der Waals surface area contributed by atoms with Crippen molar-refractivity contribution >= 4 is 5.91 Å². The van der Waals surface area contributed by atoms with E-state index < -0.39 is 0 Å². The fraction of sp³-hybridized carbons (Fsp3) is 0.529. The lowest BCUT2D eigenvalue weighted by Crippen LogP contribution is -2.51. The summed E-state index contributed by atoms with van der Waals surface area (Å²) in [5.74, 6) is 0.114. The molecule has 0 bridgehead atoms. The van der Waals surface area contributed by atoms with Gasteiger partial charge in [-0.15, -0.1) is 0 Å². The smallest absolute Gasteiger partial charge is 0.231 e. The first-order chi connectivity index (χ1) is 10.2. The summed E-state index contributed by atoms with van der Waals surface area (Å²) in [6.07, 6.45) is 2.74. The minimum absolute atomic E-state index is 0.114. The Labute approximate surface area is 126 Å². The van der Waals surface area contributed by atoms with Crippen molar-refractivity contribution < 1.29 is 4.79 Å². The van der Waals surface area contributed by atoms with Crippen LogP contribution in [-0.2, 0) is 11.3 Å². The van der Waals surface area contributed by atoms with Crippen LogP contribution in [0, 0.1) is 16.7 Å². The number of nitriles is 1. The molecule has 0 radical (unpaired) electrons. The zero-order chi connectivity index (χ0) is 15.1. The average Bonchev–Trinajstić information content (AvgIpc) is 2.55. The lowest BCUT2D eigenvalue weighted by molar-refractivity contribution is -0.143. The van der Waals surface area contributed by atoms with E-state index in [0.29, 0.717) is 6.54 Å². The molecule has 1 amide bonds. The molecule has 4 nitrogen and oxygen atoms in total. The molecule has 1 saturated heterocycles. The highest BCUT2D eigenvalue weighted by molar-refractivity contribution is 5.83. The molecule has 1 aromatic rings. The summed E-state index contributed by atoms with van der Waals surface area (Å²) in [7, 11) is 0. The number of hydrogen-bond donors (Lipinski definition) is 1. The SMILES string of the molecule is CCC1(C(=O)N(CC#N)Cc2ccccc2)CCCNC1. The van der Waals surface area contributed by atoms with Gasteiger partial charge < -0.3 is 10.2 Å². The molecular weight excluding hydrogens is 262 g/mol. The molecule has 1 aliphatic heterocycles. The lowest BCUT2D eigenvalue weighted by atomic mass is 9.77. The van der Waals surface area contributed by atoms with Gasteiger partial charge in [0.05, 0.1) is 11.5 Å². The van der Waals surface area contributed by atoms with Crippen LogP contribution in [0.2, 0.25) is 0 Å². The Balaban J connectivity index is 2.16. The van der Waals surface area contributed by atoms with Crippen molar-refractivity contribution in [2.45, 2.75) is 32.7 Å². The molecule has 0 saturated carbocycles. The van der Waals surface area contributed by atoms with E-state index in [4.69, 9.17) is 5.26 Å². The number of piperidine rings is 1. The van der Waals surface area contributed by atoms with Gasteiger partial charge in [-0.3, -0.25) is 4.79 Å². The minimum Gasteiger partial charge on any atom is -0.325 e. The predicted octanol–water partition coefficient (Wildman–Crippen LogP) is 2.32. The summed E-state index contributed by atoms with van der Waals surface area (Å²) in [6, 6.07) is 12.0. The number of benzene rings is 1. The van der Waals surface area contributed by atoms with Crippen molar-refractivity contribution in [2.24, 2.45) is 5.41 Å². The summed E-state index contributed by atoms with van der Waals surface area (Å²) in [5.41, 5.74) is 0.722. The maximum Gasteiger partial charge on any atom is 0.231 e. The van der Waals surface area contributed by atoms with Crippen LogP contribution in [0.25, 0.3) is 0 Å². The molecular formula is C17H23N3O. The van der Waals surface area contributed by atoms with Gasteiger partial charge in [0.15, 0.2) is 0 Å². The molecule has 0 aromatic heterocycles. The second-order valence-corrected chi connectivity index (χ2v) is 5.72. The van der Waals surface area contributed by atoms with Gasteiger partial charge in [0.25, 0.3) is 0 Å². The first-order valence-electron chi connectivity index (χ1n) is 7.63. The molecule has 0 aliphatic carbocycles. The highest BCUT2D eigenvalue weighted by Gasteiger charge is 2.40. The molecule has 1 N–H and O–H groups in total. The molecule has 1 aromatic carbocycles. The topological polar surface area (TPSA) is 56.1 Å².